The first-order valence-electron chi connectivity index (χ1n) is 4.85. The van der Waals surface area contributed by atoms with Crippen LogP contribution >= 0.6 is 0 Å². The van der Waals surface area contributed by atoms with Gasteiger partial charge in [0.1, 0.15) is 5.69 Å². The molecular weight excluding hydrogens is 224 g/mol. The van der Waals surface area contributed by atoms with Gasteiger partial charge in [0, 0.05) is 30.9 Å². The minimum atomic E-state index is -4.43. The van der Waals surface area contributed by atoms with Crippen molar-refractivity contribution in [3.8, 4) is 0 Å². The van der Waals surface area contributed by atoms with Gasteiger partial charge in [-0.25, -0.2) is 0 Å². The molecule has 0 N–H and O–H groups in total. The molecule has 1 saturated heterocycles. The molecule has 0 saturated carbocycles. The second kappa shape index (κ2) is 3.92. The second-order valence-electron chi connectivity index (χ2n) is 3.82. The van der Waals surface area contributed by atoms with Crippen LogP contribution in [0, 0.1) is 5.92 Å². The lowest BCUT2D eigenvalue weighted by molar-refractivity contribution is -0.141. The van der Waals surface area contributed by atoms with Gasteiger partial charge in [-0.3, -0.25) is 9.37 Å². The summed E-state index contributed by atoms with van der Waals surface area (Å²) in [4.78, 5) is 4.97. The highest BCUT2D eigenvalue weighted by Gasteiger charge is 2.34. The Morgan fingerprint density at radius 2 is 2.06 bits per heavy atom. The van der Waals surface area contributed by atoms with Crippen molar-refractivity contribution in [1.29, 1.82) is 0 Å². The van der Waals surface area contributed by atoms with Crippen molar-refractivity contribution in [2.45, 2.75) is 6.18 Å². The average Bonchev–Trinajstić information content (AvgIpc) is 2.15. The number of pyridine rings is 1. The van der Waals surface area contributed by atoms with E-state index in [0.717, 1.165) is 12.3 Å². The minimum absolute atomic E-state index is 0.0532. The third-order valence-corrected chi connectivity index (χ3v) is 2.57. The molecule has 1 aromatic heterocycles. The first-order valence-corrected chi connectivity index (χ1v) is 4.85. The maximum atomic E-state index is 12.4. The Labute approximate surface area is 89.9 Å². The van der Waals surface area contributed by atoms with Crippen LogP contribution in [0.1, 0.15) is 5.69 Å². The molecule has 0 unspecified atom stereocenters. The van der Waals surface area contributed by atoms with Gasteiger partial charge in [0.2, 0.25) is 0 Å². The molecule has 2 rings (SSSR count). The highest BCUT2D eigenvalue weighted by molar-refractivity contribution is 5.49. The average molecular weight is 234 g/mol. The molecular formula is C10H10F4N2. The summed E-state index contributed by atoms with van der Waals surface area (Å²) in [5, 5.41) is 0. The largest absolute Gasteiger partial charge is 0.433 e. The minimum Gasteiger partial charge on any atom is -0.371 e. The molecule has 1 aromatic rings. The SMILES string of the molecule is FCC1CN(c2ccnc(C(F)(F)F)c2)C1. The van der Waals surface area contributed by atoms with Gasteiger partial charge < -0.3 is 4.90 Å². The maximum Gasteiger partial charge on any atom is 0.433 e. The van der Waals surface area contributed by atoms with Crippen molar-refractivity contribution < 1.29 is 17.6 Å². The lowest BCUT2D eigenvalue weighted by Gasteiger charge is -2.39. The van der Waals surface area contributed by atoms with Crippen LogP contribution in [-0.4, -0.2) is 24.7 Å². The van der Waals surface area contributed by atoms with Gasteiger partial charge >= 0.3 is 6.18 Å². The highest BCUT2D eigenvalue weighted by Crippen LogP contribution is 2.31. The van der Waals surface area contributed by atoms with Crippen LogP contribution in [-0.2, 0) is 6.18 Å². The molecule has 1 aliphatic rings. The van der Waals surface area contributed by atoms with Gasteiger partial charge in [-0.1, -0.05) is 0 Å². The van der Waals surface area contributed by atoms with Crippen LogP contribution in [0.15, 0.2) is 18.3 Å². The molecule has 6 heteroatoms. The molecule has 1 aliphatic heterocycles. The summed E-state index contributed by atoms with van der Waals surface area (Å²) in [7, 11) is 0. The maximum absolute atomic E-state index is 12.4. The number of alkyl halides is 4. The predicted octanol–water partition coefficient (Wildman–Crippen LogP) is 2.51. The molecule has 0 radical (unpaired) electrons. The Hall–Kier alpha value is -1.33. The molecule has 0 aromatic carbocycles. The van der Waals surface area contributed by atoms with E-state index in [2.05, 4.69) is 4.98 Å². The molecule has 88 valence electrons. The lowest BCUT2D eigenvalue weighted by atomic mass is 10.0. The van der Waals surface area contributed by atoms with Crippen LogP contribution in [0.3, 0.4) is 0 Å². The summed E-state index contributed by atoms with van der Waals surface area (Å²) in [6, 6.07) is 2.50. The van der Waals surface area contributed by atoms with Crippen molar-refractivity contribution in [2.24, 2.45) is 5.92 Å². The molecule has 0 bridgehead atoms. The molecule has 0 amide bonds. The second-order valence-corrected chi connectivity index (χ2v) is 3.82. The van der Waals surface area contributed by atoms with Crippen LogP contribution in [0.25, 0.3) is 0 Å². The van der Waals surface area contributed by atoms with Gasteiger partial charge in [0.05, 0.1) is 6.67 Å². The molecule has 0 spiro atoms. The van der Waals surface area contributed by atoms with Gasteiger partial charge in [-0.15, -0.1) is 0 Å². The Bertz CT molecular complexity index is 371. The van der Waals surface area contributed by atoms with Crippen LogP contribution in [0.2, 0.25) is 0 Å². The fraction of sp³-hybridized carbons (Fsp3) is 0.500. The van der Waals surface area contributed by atoms with Gasteiger partial charge in [0.15, 0.2) is 0 Å². The Kier molecular flexibility index (Phi) is 2.73. The van der Waals surface area contributed by atoms with Crippen LogP contribution < -0.4 is 4.90 Å². The topological polar surface area (TPSA) is 16.1 Å². The molecule has 0 atom stereocenters. The zero-order valence-corrected chi connectivity index (χ0v) is 8.34. The van der Waals surface area contributed by atoms with E-state index in [1.54, 1.807) is 4.90 Å². The number of nitrogens with zero attached hydrogens (tertiary/aromatic N) is 2. The van der Waals surface area contributed by atoms with Crippen molar-refractivity contribution in [1.82, 2.24) is 4.98 Å². The van der Waals surface area contributed by atoms with Crippen molar-refractivity contribution in [3.05, 3.63) is 24.0 Å². The fourth-order valence-corrected chi connectivity index (χ4v) is 1.65. The Morgan fingerprint density at radius 3 is 2.62 bits per heavy atom. The lowest BCUT2D eigenvalue weighted by Crippen LogP contribution is -2.47. The van der Waals surface area contributed by atoms with E-state index in [4.69, 9.17) is 0 Å². The summed E-state index contributed by atoms with van der Waals surface area (Å²) in [5.41, 5.74) is -0.458. The van der Waals surface area contributed by atoms with E-state index in [1.807, 2.05) is 0 Å². The zero-order valence-electron chi connectivity index (χ0n) is 8.34. The fourth-order valence-electron chi connectivity index (χ4n) is 1.65. The Balaban J connectivity index is 2.12. The third-order valence-electron chi connectivity index (χ3n) is 2.57. The summed E-state index contributed by atoms with van der Waals surface area (Å²) < 4.78 is 49.2. The number of anilines is 1. The summed E-state index contributed by atoms with van der Waals surface area (Å²) in [6.07, 6.45) is -3.30. The molecule has 1 fully saturated rings. The third kappa shape index (κ3) is 2.10. The Morgan fingerprint density at radius 1 is 1.38 bits per heavy atom. The van der Waals surface area contributed by atoms with Gasteiger partial charge in [0.25, 0.3) is 0 Å². The predicted molar refractivity (Wildman–Crippen MR) is 50.9 cm³/mol. The number of rotatable bonds is 2. The molecule has 2 nitrogen and oxygen atoms in total. The zero-order chi connectivity index (χ0) is 11.8. The van der Waals surface area contributed by atoms with Crippen molar-refractivity contribution in [2.75, 3.05) is 24.7 Å². The molecule has 16 heavy (non-hydrogen) atoms. The van der Waals surface area contributed by atoms with E-state index in [9.17, 15) is 17.6 Å². The van der Waals surface area contributed by atoms with Crippen molar-refractivity contribution in [3.63, 3.8) is 0 Å². The monoisotopic (exact) mass is 234 g/mol. The van der Waals surface area contributed by atoms with E-state index < -0.39 is 18.5 Å². The van der Waals surface area contributed by atoms with Gasteiger partial charge in [-0.2, -0.15) is 13.2 Å². The van der Waals surface area contributed by atoms with Gasteiger partial charge in [-0.05, 0) is 12.1 Å². The first kappa shape index (κ1) is 11.2. The normalized spacial score (nSPS) is 17.4. The summed E-state index contributed by atoms with van der Waals surface area (Å²) in [6.45, 7) is 0.517. The number of hydrogen-bond acceptors (Lipinski definition) is 2. The standard InChI is InChI=1S/C10H10F4N2/c11-4-7-5-16(6-7)8-1-2-15-9(3-8)10(12,13)14/h1-3,7H,4-6H2. The molecule has 0 aliphatic carbocycles. The van der Waals surface area contributed by atoms with E-state index in [1.165, 1.54) is 6.07 Å². The molecule has 2 heterocycles. The number of aromatic nitrogens is 1. The quantitative estimate of drug-likeness (QED) is 0.731. The van der Waals surface area contributed by atoms with E-state index >= 15 is 0 Å². The van der Waals surface area contributed by atoms with E-state index in [0.29, 0.717) is 18.8 Å². The smallest absolute Gasteiger partial charge is 0.371 e. The van der Waals surface area contributed by atoms with Crippen molar-refractivity contribution >= 4 is 5.69 Å². The number of halogens is 4. The number of hydrogen-bond donors (Lipinski definition) is 0. The summed E-state index contributed by atoms with van der Waals surface area (Å²) >= 11 is 0. The van der Waals surface area contributed by atoms with Crippen LogP contribution in [0.5, 0.6) is 0 Å². The van der Waals surface area contributed by atoms with Crippen LogP contribution in [0.4, 0.5) is 23.2 Å². The summed E-state index contributed by atoms with van der Waals surface area (Å²) in [5.74, 6) is -0.0532. The highest BCUT2D eigenvalue weighted by atomic mass is 19.4. The first-order chi connectivity index (χ1) is 7.50. The van der Waals surface area contributed by atoms with E-state index in [-0.39, 0.29) is 5.92 Å².